The van der Waals surface area contributed by atoms with Gasteiger partial charge in [0.15, 0.2) is 0 Å². The molecular formula is C26H21Cl2NO4. The molecule has 33 heavy (non-hydrogen) atoms. The predicted octanol–water partition coefficient (Wildman–Crippen LogP) is 6.25. The fourth-order valence-corrected chi connectivity index (χ4v) is 4.26. The molecule has 5 nitrogen and oxygen atoms in total. The highest BCUT2D eigenvalue weighted by Crippen LogP contribution is 2.44. The van der Waals surface area contributed by atoms with Gasteiger partial charge in [-0.1, -0.05) is 58.6 Å². The van der Waals surface area contributed by atoms with E-state index in [1.807, 2.05) is 32.0 Å². The Morgan fingerprint density at radius 2 is 1.58 bits per heavy atom. The first-order chi connectivity index (χ1) is 15.7. The van der Waals surface area contributed by atoms with Crippen molar-refractivity contribution in [3.63, 3.8) is 0 Å². The molecule has 0 saturated carbocycles. The van der Waals surface area contributed by atoms with Crippen LogP contribution in [0, 0.1) is 13.8 Å². The zero-order valence-electron chi connectivity index (χ0n) is 18.2. The predicted molar refractivity (Wildman–Crippen MR) is 130 cm³/mol. The number of aliphatic hydroxyl groups is 1. The summed E-state index contributed by atoms with van der Waals surface area (Å²) in [7, 11) is 1.47. The normalized spacial score (nSPS) is 17.5. The number of methoxy groups -OCH3 is 1. The molecule has 7 heteroatoms. The Morgan fingerprint density at radius 1 is 0.909 bits per heavy atom. The molecule has 168 valence electrons. The largest absolute Gasteiger partial charge is 0.507 e. The number of halogens is 2. The van der Waals surface area contributed by atoms with Crippen molar-refractivity contribution in [2.24, 2.45) is 0 Å². The third-order valence-electron chi connectivity index (χ3n) is 5.63. The van der Waals surface area contributed by atoms with Crippen molar-refractivity contribution in [1.82, 2.24) is 0 Å². The summed E-state index contributed by atoms with van der Waals surface area (Å²) >= 11 is 12.4. The van der Waals surface area contributed by atoms with Gasteiger partial charge >= 0.3 is 0 Å². The fraction of sp³-hybridized carbons (Fsp3) is 0.154. The van der Waals surface area contributed by atoms with Crippen molar-refractivity contribution in [2.45, 2.75) is 19.9 Å². The first kappa shape index (κ1) is 22.9. The first-order valence-electron chi connectivity index (χ1n) is 10.2. The maximum atomic E-state index is 13.3. The summed E-state index contributed by atoms with van der Waals surface area (Å²) in [5.74, 6) is -1.48. The van der Waals surface area contributed by atoms with Crippen molar-refractivity contribution >= 4 is 46.3 Å². The molecule has 1 fully saturated rings. The van der Waals surface area contributed by atoms with E-state index in [1.165, 1.54) is 12.0 Å². The van der Waals surface area contributed by atoms with Gasteiger partial charge in [0.05, 0.1) is 34.3 Å². The van der Waals surface area contributed by atoms with Gasteiger partial charge in [0, 0.05) is 5.69 Å². The molecule has 3 aromatic carbocycles. The maximum absolute atomic E-state index is 13.3. The smallest absolute Gasteiger partial charge is 0.300 e. The van der Waals surface area contributed by atoms with Crippen LogP contribution in [-0.4, -0.2) is 23.9 Å². The van der Waals surface area contributed by atoms with Crippen molar-refractivity contribution in [3.8, 4) is 5.75 Å². The minimum atomic E-state index is -0.910. The highest BCUT2D eigenvalue weighted by atomic mass is 35.5. The van der Waals surface area contributed by atoms with Gasteiger partial charge in [0.1, 0.15) is 11.5 Å². The van der Waals surface area contributed by atoms with Gasteiger partial charge < -0.3 is 9.84 Å². The quantitative estimate of drug-likeness (QED) is 0.271. The maximum Gasteiger partial charge on any atom is 0.300 e. The number of hydrogen-bond acceptors (Lipinski definition) is 4. The molecule has 1 N–H and O–H groups in total. The second-order valence-electron chi connectivity index (χ2n) is 7.88. The van der Waals surface area contributed by atoms with Crippen LogP contribution in [0.5, 0.6) is 5.75 Å². The Labute approximate surface area is 201 Å². The number of aryl methyl sites for hydroxylation is 2. The minimum absolute atomic E-state index is 0.0529. The lowest BCUT2D eigenvalue weighted by molar-refractivity contribution is -0.132. The van der Waals surface area contributed by atoms with E-state index in [0.717, 1.165) is 11.1 Å². The number of nitrogens with zero attached hydrogens (tertiary/aromatic N) is 1. The van der Waals surface area contributed by atoms with Gasteiger partial charge in [-0.3, -0.25) is 14.5 Å². The number of rotatable bonds is 4. The average molecular weight is 482 g/mol. The van der Waals surface area contributed by atoms with Crippen LogP contribution in [0.2, 0.25) is 10.0 Å². The van der Waals surface area contributed by atoms with Gasteiger partial charge in [-0.05, 0) is 55.8 Å². The number of carbonyl (C=O) groups excluding carboxylic acids is 2. The third-order valence-corrected chi connectivity index (χ3v) is 6.37. The summed E-state index contributed by atoms with van der Waals surface area (Å²) in [4.78, 5) is 27.9. The summed E-state index contributed by atoms with van der Waals surface area (Å²) < 4.78 is 5.40. The summed E-state index contributed by atoms with van der Waals surface area (Å²) in [6.45, 7) is 3.79. The first-order valence-corrected chi connectivity index (χ1v) is 11.0. The molecule has 0 spiro atoms. The molecule has 1 amide bonds. The molecule has 4 rings (SSSR count). The number of carbonyl (C=O) groups is 2. The zero-order chi connectivity index (χ0) is 23.9. The molecule has 0 bridgehead atoms. The Kier molecular flexibility index (Phi) is 6.19. The molecular weight excluding hydrogens is 461 g/mol. The van der Waals surface area contributed by atoms with Gasteiger partial charge in [-0.2, -0.15) is 0 Å². The van der Waals surface area contributed by atoms with Crippen LogP contribution in [0.3, 0.4) is 0 Å². The monoisotopic (exact) mass is 481 g/mol. The van der Waals surface area contributed by atoms with Crippen LogP contribution < -0.4 is 9.64 Å². The molecule has 1 unspecified atom stereocenters. The summed E-state index contributed by atoms with van der Waals surface area (Å²) in [6, 6.07) is 16.4. The highest BCUT2D eigenvalue weighted by molar-refractivity contribution is 6.52. The van der Waals surface area contributed by atoms with E-state index in [-0.39, 0.29) is 16.4 Å². The molecule has 1 aliphatic rings. The number of hydrogen-bond donors (Lipinski definition) is 1. The van der Waals surface area contributed by atoms with Crippen LogP contribution in [0.15, 0.2) is 66.2 Å². The number of benzene rings is 3. The molecule has 1 aliphatic heterocycles. The van der Waals surface area contributed by atoms with E-state index in [0.29, 0.717) is 27.6 Å². The Balaban J connectivity index is 2.00. The van der Waals surface area contributed by atoms with E-state index >= 15 is 0 Å². The van der Waals surface area contributed by atoms with Crippen LogP contribution in [-0.2, 0) is 9.59 Å². The van der Waals surface area contributed by atoms with E-state index < -0.39 is 17.7 Å². The number of ketones is 1. The van der Waals surface area contributed by atoms with Crippen molar-refractivity contribution in [1.29, 1.82) is 0 Å². The highest BCUT2D eigenvalue weighted by Gasteiger charge is 2.47. The number of amides is 1. The molecule has 1 heterocycles. The van der Waals surface area contributed by atoms with Crippen LogP contribution >= 0.6 is 23.2 Å². The minimum Gasteiger partial charge on any atom is -0.507 e. The van der Waals surface area contributed by atoms with E-state index in [1.54, 1.807) is 42.5 Å². The second kappa shape index (κ2) is 8.93. The number of Topliss-reactive ketones (excluding diaryl/α,β-unsaturated/α-hetero) is 1. The Hall–Kier alpha value is -3.28. The van der Waals surface area contributed by atoms with Gasteiger partial charge in [-0.15, -0.1) is 0 Å². The Bertz CT molecular complexity index is 1300. The van der Waals surface area contributed by atoms with E-state index in [4.69, 9.17) is 27.9 Å². The molecule has 0 aromatic heterocycles. The number of ether oxygens (including phenoxy) is 1. The summed E-state index contributed by atoms with van der Waals surface area (Å²) in [6.07, 6.45) is 0. The number of anilines is 1. The molecule has 1 saturated heterocycles. The van der Waals surface area contributed by atoms with Gasteiger partial charge in [0.2, 0.25) is 0 Å². The molecule has 1 atom stereocenters. The van der Waals surface area contributed by atoms with Crippen LogP contribution in [0.25, 0.3) is 5.76 Å². The number of aliphatic hydroxyl groups excluding tert-OH is 1. The summed E-state index contributed by atoms with van der Waals surface area (Å²) in [5.41, 5.74) is 3.20. The molecule has 0 aliphatic carbocycles. The lowest BCUT2D eigenvalue weighted by Gasteiger charge is -2.26. The van der Waals surface area contributed by atoms with E-state index in [2.05, 4.69) is 0 Å². The SMILES string of the molecule is COc1ccc(C)cc1/C(O)=C1\C(=O)C(=O)N(c2ccc(C)cc2)C1c1ccc(Cl)c(Cl)c1. The van der Waals surface area contributed by atoms with Crippen molar-refractivity contribution in [2.75, 3.05) is 12.0 Å². The topological polar surface area (TPSA) is 66.8 Å². The second-order valence-corrected chi connectivity index (χ2v) is 8.70. The Morgan fingerprint density at radius 3 is 2.21 bits per heavy atom. The average Bonchev–Trinajstić information content (AvgIpc) is 3.06. The lowest BCUT2D eigenvalue weighted by Crippen LogP contribution is -2.29. The molecule has 0 radical (unpaired) electrons. The van der Waals surface area contributed by atoms with Crippen LogP contribution in [0.1, 0.15) is 28.3 Å². The third kappa shape index (κ3) is 4.10. The van der Waals surface area contributed by atoms with Gasteiger partial charge in [0.25, 0.3) is 11.7 Å². The zero-order valence-corrected chi connectivity index (χ0v) is 19.7. The fourth-order valence-electron chi connectivity index (χ4n) is 3.95. The van der Waals surface area contributed by atoms with Crippen molar-refractivity contribution < 1.29 is 19.4 Å². The summed E-state index contributed by atoms with van der Waals surface area (Å²) in [5, 5.41) is 12.0. The standard InChI is InChI=1S/C26H21Cl2NO4/c1-14-4-8-17(9-5-14)29-23(16-7-10-19(27)20(28)13-16)22(25(31)26(29)32)24(30)18-12-15(2)6-11-21(18)33-3/h4-13,23,30H,1-3H3/b24-22+. The molecule has 3 aromatic rings. The van der Waals surface area contributed by atoms with Gasteiger partial charge in [-0.25, -0.2) is 0 Å². The van der Waals surface area contributed by atoms with Crippen molar-refractivity contribution in [3.05, 3.63) is 98.5 Å². The lowest BCUT2D eigenvalue weighted by atomic mass is 9.94. The van der Waals surface area contributed by atoms with Crippen LogP contribution in [0.4, 0.5) is 5.69 Å². The van der Waals surface area contributed by atoms with E-state index in [9.17, 15) is 14.7 Å².